The SMILES string of the molecule is CCCCCCCCCCCCCCCCCCCCCCCCC(=O)O[C@H](COC(=O)CCCCCCCCCCCCCCCCCCCCCC)COP(=O)(O)OC[C@@H](O)COP(=O)(O)OC[C@@H](COC(=O)CCCCCCCCC(C)CC)OC(=O)CCCCCCCCCCCCCCCCCC(C)C. The molecule has 0 amide bonds. The molecule has 0 bridgehead atoms. The Morgan fingerprint density at radius 2 is 0.464 bits per heavy atom. The van der Waals surface area contributed by atoms with Crippen molar-refractivity contribution in [3.05, 3.63) is 0 Å². The topological polar surface area (TPSA) is 237 Å². The quantitative estimate of drug-likeness (QED) is 0.0222. The Labute approximate surface area is 677 Å². The molecule has 0 aliphatic heterocycles. The first-order valence-electron chi connectivity index (χ1n) is 47.0. The van der Waals surface area contributed by atoms with Crippen LogP contribution in [0.2, 0.25) is 0 Å². The van der Waals surface area contributed by atoms with Gasteiger partial charge in [-0.05, 0) is 37.5 Å². The van der Waals surface area contributed by atoms with Crippen molar-refractivity contribution < 1.29 is 80.2 Å². The van der Waals surface area contributed by atoms with Gasteiger partial charge in [0, 0.05) is 25.7 Å². The lowest BCUT2D eigenvalue weighted by molar-refractivity contribution is -0.161. The molecule has 0 radical (unpaired) electrons. The molecule has 3 unspecified atom stereocenters. The van der Waals surface area contributed by atoms with Crippen LogP contribution in [-0.2, 0) is 65.4 Å². The van der Waals surface area contributed by atoms with Crippen molar-refractivity contribution in [1.82, 2.24) is 0 Å². The minimum absolute atomic E-state index is 0.107. The van der Waals surface area contributed by atoms with Gasteiger partial charge in [-0.3, -0.25) is 37.3 Å². The van der Waals surface area contributed by atoms with Gasteiger partial charge in [0.05, 0.1) is 26.4 Å². The molecule has 3 N–H and O–H groups in total. The number of hydrogen-bond acceptors (Lipinski definition) is 15. The molecule has 0 aliphatic rings. The van der Waals surface area contributed by atoms with Gasteiger partial charge in [-0.2, -0.15) is 0 Å². The molecule has 0 heterocycles. The van der Waals surface area contributed by atoms with Crippen molar-refractivity contribution in [3.63, 3.8) is 0 Å². The number of carbonyl (C=O) groups is 4. The van der Waals surface area contributed by atoms with Gasteiger partial charge >= 0.3 is 39.5 Å². The number of hydrogen-bond donors (Lipinski definition) is 3. The second kappa shape index (κ2) is 82.2. The van der Waals surface area contributed by atoms with Crippen LogP contribution in [0.15, 0.2) is 0 Å². The summed E-state index contributed by atoms with van der Waals surface area (Å²) in [6, 6.07) is 0. The molecular weight excluding hydrogens is 1430 g/mol. The number of unbranched alkanes of at least 4 members (excludes halogenated alkanes) is 59. The Morgan fingerprint density at radius 3 is 0.691 bits per heavy atom. The Bertz CT molecular complexity index is 2100. The number of phosphoric ester groups is 2. The molecule has 0 saturated carbocycles. The smallest absolute Gasteiger partial charge is 0.462 e. The number of rotatable bonds is 90. The van der Waals surface area contributed by atoms with E-state index in [1.54, 1.807) is 0 Å². The van der Waals surface area contributed by atoms with Crippen LogP contribution in [0.1, 0.15) is 491 Å². The summed E-state index contributed by atoms with van der Waals surface area (Å²) >= 11 is 0. The van der Waals surface area contributed by atoms with Crippen LogP contribution in [0, 0.1) is 11.8 Å². The second-order valence-corrected chi connectivity index (χ2v) is 36.3. The van der Waals surface area contributed by atoms with Crippen molar-refractivity contribution in [2.75, 3.05) is 39.6 Å². The average Bonchev–Trinajstić information content (AvgIpc) is 0.899. The maximum absolute atomic E-state index is 13.2. The molecule has 0 aromatic rings. The normalized spacial score (nSPS) is 14.0. The minimum atomic E-state index is -4.97. The number of ether oxygens (including phenoxy) is 4. The van der Waals surface area contributed by atoms with Crippen LogP contribution in [0.3, 0.4) is 0 Å². The molecule has 0 aromatic heterocycles. The number of aliphatic hydroxyl groups excluding tert-OH is 1. The molecule has 17 nitrogen and oxygen atoms in total. The van der Waals surface area contributed by atoms with Crippen LogP contribution < -0.4 is 0 Å². The Kier molecular flexibility index (Phi) is 80.7. The standard InChI is InChI=1S/C91H178O17P2/c1-7-10-12-14-16-18-20-22-24-26-28-30-31-33-35-39-43-47-51-55-63-69-75-90(95)107-86(79-101-88(93)73-67-61-54-50-46-42-38-34-32-29-27-25-23-21-19-17-15-13-11-8-2)81-105-109(97,98)103-77-85(92)78-104-110(99,100)106-82-87(80-102-89(94)74-68-62-58-57-60-66-72-84(6)9-3)108-91(96)76-70-64-56-52-48-44-40-36-37-41-45-49-53-59-65-71-83(4)5/h83-87,92H,7-82H2,1-6H3,(H,97,98)(H,99,100)/t84?,85-,86-,87-/m1/s1. The summed E-state index contributed by atoms with van der Waals surface area (Å²) in [6.45, 7) is 9.68. The third kappa shape index (κ3) is 82.6. The van der Waals surface area contributed by atoms with E-state index >= 15 is 0 Å². The Balaban J connectivity index is 5.22. The Hall–Kier alpha value is -1.94. The van der Waals surface area contributed by atoms with Crippen LogP contribution in [0.25, 0.3) is 0 Å². The highest BCUT2D eigenvalue weighted by Gasteiger charge is 2.31. The first-order chi connectivity index (χ1) is 53.4. The van der Waals surface area contributed by atoms with Gasteiger partial charge in [0.2, 0.25) is 0 Å². The zero-order chi connectivity index (χ0) is 80.6. The van der Waals surface area contributed by atoms with Gasteiger partial charge in [-0.1, -0.05) is 440 Å². The number of phosphoric acid groups is 2. The van der Waals surface area contributed by atoms with Crippen molar-refractivity contribution in [3.8, 4) is 0 Å². The zero-order valence-corrected chi connectivity index (χ0v) is 74.4. The summed E-state index contributed by atoms with van der Waals surface area (Å²) in [6.07, 6.45) is 76.7. The molecule has 0 fully saturated rings. The molecule has 19 heteroatoms. The highest BCUT2D eigenvalue weighted by molar-refractivity contribution is 7.47. The number of aliphatic hydroxyl groups is 1. The van der Waals surface area contributed by atoms with Crippen LogP contribution in [0.4, 0.5) is 0 Å². The van der Waals surface area contributed by atoms with Gasteiger partial charge < -0.3 is 33.8 Å². The zero-order valence-electron chi connectivity index (χ0n) is 72.6. The minimum Gasteiger partial charge on any atom is -0.462 e. The fourth-order valence-corrected chi connectivity index (χ4v) is 15.9. The van der Waals surface area contributed by atoms with Crippen molar-refractivity contribution in [2.24, 2.45) is 11.8 Å². The molecule has 0 aliphatic carbocycles. The van der Waals surface area contributed by atoms with E-state index in [0.29, 0.717) is 25.7 Å². The summed E-state index contributed by atoms with van der Waals surface area (Å²) in [5.74, 6) is -0.566. The Morgan fingerprint density at radius 1 is 0.264 bits per heavy atom. The maximum atomic E-state index is 13.2. The van der Waals surface area contributed by atoms with Crippen molar-refractivity contribution >= 4 is 39.5 Å². The van der Waals surface area contributed by atoms with Crippen LogP contribution >= 0.6 is 15.6 Å². The predicted octanol–water partition coefficient (Wildman–Crippen LogP) is 28.2. The van der Waals surface area contributed by atoms with E-state index in [2.05, 4.69) is 41.5 Å². The first kappa shape index (κ1) is 108. The van der Waals surface area contributed by atoms with Crippen molar-refractivity contribution in [2.45, 2.75) is 509 Å². The van der Waals surface area contributed by atoms with Crippen molar-refractivity contribution in [1.29, 1.82) is 0 Å². The highest BCUT2D eigenvalue weighted by atomic mass is 31.2. The van der Waals surface area contributed by atoms with Gasteiger partial charge in [-0.15, -0.1) is 0 Å². The predicted molar refractivity (Wildman–Crippen MR) is 455 cm³/mol. The van der Waals surface area contributed by atoms with Crippen LogP contribution in [0.5, 0.6) is 0 Å². The molecular formula is C91H178O17P2. The monoisotopic (exact) mass is 1610 g/mol. The largest absolute Gasteiger partial charge is 0.472 e. The lowest BCUT2D eigenvalue weighted by atomic mass is 10.00. The molecule has 654 valence electrons. The lowest BCUT2D eigenvalue weighted by Gasteiger charge is -2.21. The van der Waals surface area contributed by atoms with Gasteiger partial charge in [-0.25, -0.2) is 9.13 Å². The molecule has 0 saturated heterocycles. The maximum Gasteiger partial charge on any atom is 0.472 e. The van der Waals surface area contributed by atoms with Gasteiger partial charge in [0.1, 0.15) is 19.3 Å². The van der Waals surface area contributed by atoms with E-state index < -0.39 is 97.5 Å². The highest BCUT2D eigenvalue weighted by Crippen LogP contribution is 2.45. The first-order valence-corrected chi connectivity index (χ1v) is 50.0. The van der Waals surface area contributed by atoms with E-state index in [1.165, 1.54) is 302 Å². The third-order valence-corrected chi connectivity index (χ3v) is 23.7. The molecule has 0 rings (SSSR count). The molecule has 6 atom stereocenters. The van der Waals surface area contributed by atoms with E-state index in [9.17, 15) is 43.2 Å². The van der Waals surface area contributed by atoms with Gasteiger partial charge in [0.15, 0.2) is 12.2 Å². The van der Waals surface area contributed by atoms with E-state index in [-0.39, 0.29) is 25.7 Å². The second-order valence-electron chi connectivity index (χ2n) is 33.4. The van der Waals surface area contributed by atoms with E-state index in [1.807, 2.05) is 0 Å². The fourth-order valence-electron chi connectivity index (χ4n) is 14.3. The molecule has 0 spiro atoms. The number of esters is 4. The van der Waals surface area contributed by atoms with Crippen LogP contribution in [-0.4, -0.2) is 96.7 Å². The fraction of sp³-hybridized carbons (Fsp3) is 0.956. The van der Waals surface area contributed by atoms with Gasteiger partial charge in [0.25, 0.3) is 0 Å². The lowest BCUT2D eigenvalue weighted by Crippen LogP contribution is -2.30. The summed E-state index contributed by atoms with van der Waals surface area (Å²) in [4.78, 5) is 73.4. The summed E-state index contributed by atoms with van der Waals surface area (Å²) < 4.78 is 69.0. The summed E-state index contributed by atoms with van der Waals surface area (Å²) in [7, 11) is -9.94. The summed E-state index contributed by atoms with van der Waals surface area (Å²) in [5.41, 5.74) is 0. The summed E-state index contributed by atoms with van der Waals surface area (Å²) in [5, 5.41) is 10.7. The molecule has 110 heavy (non-hydrogen) atoms. The average molecular weight is 1610 g/mol. The molecule has 0 aromatic carbocycles. The third-order valence-electron chi connectivity index (χ3n) is 21.8. The number of carbonyl (C=O) groups excluding carboxylic acids is 4. The van der Waals surface area contributed by atoms with E-state index in [4.69, 9.17) is 37.0 Å². The van der Waals surface area contributed by atoms with E-state index in [0.717, 1.165) is 108 Å².